The number of piperidine rings is 1. The van der Waals surface area contributed by atoms with Crippen molar-refractivity contribution in [1.82, 2.24) is 14.8 Å². The summed E-state index contributed by atoms with van der Waals surface area (Å²) in [5, 5.41) is 0. The molecule has 3 rings (SSSR count). The van der Waals surface area contributed by atoms with Crippen LogP contribution in [-0.4, -0.2) is 53.3 Å². The largest absolute Gasteiger partial charge is 0.345 e. The van der Waals surface area contributed by atoms with Crippen molar-refractivity contribution in [3.8, 4) is 0 Å². The molecule has 2 aliphatic rings. The first-order valence-electron chi connectivity index (χ1n) is 7.66. The van der Waals surface area contributed by atoms with E-state index in [0.29, 0.717) is 24.0 Å². The molecule has 2 fully saturated rings. The number of amides is 2. The summed E-state index contributed by atoms with van der Waals surface area (Å²) in [6.45, 7) is 0.782. The molecule has 0 bridgehead atoms. The van der Waals surface area contributed by atoms with E-state index in [1.54, 1.807) is 29.0 Å². The molecule has 2 amide bonds. The number of aromatic amines is 1. The Morgan fingerprint density at radius 1 is 1.27 bits per heavy atom. The third-order valence-electron chi connectivity index (χ3n) is 5.05. The quantitative estimate of drug-likeness (QED) is 0.874. The van der Waals surface area contributed by atoms with E-state index in [1.807, 2.05) is 7.05 Å². The highest BCUT2D eigenvalue weighted by Gasteiger charge is 2.42. The number of carbonyl (C=O) groups excluding carboxylic acids is 2. The molecule has 1 saturated heterocycles. The average molecular weight is 303 g/mol. The van der Waals surface area contributed by atoms with Gasteiger partial charge in [0.2, 0.25) is 11.5 Å². The molecule has 6 heteroatoms. The van der Waals surface area contributed by atoms with Crippen LogP contribution < -0.4 is 5.56 Å². The number of aromatic nitrogens is 1. The van der Waals surface area contributed by atoms with Crippen LogP contribution in [0.15, 0.2) is 23.0 Å². The van der Waals surface area contributed by atoms with Crippen LogP contribution in [0.3, 0.4) is 0 Å². The topological polar surface area (TPSA) is 73.5 Å². The fraction of sp³-hybridized carbons (Fsp3) is 0.562. The Labute approximate surface area is 129 Å². The Morgan fingerprint density at radius 3 is 2.73 bits per heavy atom. The number of pyridine rings is 1. The molecule has 1 aliphatic carbocycles. The predicted octanol–water partition coefficient (Wildman–Crippen LogP) is 0.704. The SMILES string of the molecule is CN1C[C@@H]2C[C@H](N(C)C(=O)c3cccc(=O)[nH]3)C[C@@H]2CC1=O. The molecular formula is C16H21N3O3. The Bertz CT molecular complexity index is 654. The molecule has 1 N–H and O–H groups in total. The van der Waals surface area contributed by atoms with Crippen molar-refractivity contribution >= 4 is 11.8 Å². The zero-order valence-corrected chi connectivity index (χ0v) is 12.9. The van der Waals surface area contributed by atoms with Crippen LogP contribution in [0, 0.1) is 11.8 Å². The number of fused-ring (bicyclic) bond motifs is 1. The number of nitrogens with zero attached hydrogens (tertiary/aromatic N) is 2. The van der Waals surface area contributed by atoms with Gasteiger partial charge in [-0.25, -0.2) is 0 Å². The lowest BCUT2D eigenvalue weighted by atomic mass is 9.88. The molecule has 118 valence electrons. The molecule has 0 unspecified atom stereocenters. The number of rotatable bonds is 2. The highest BCUT2D eigenvalue weighted by Crippen LogP contribution is 2.40. The third-order valence-corrected chi connectivity index (χ3v) is 5.05. The second kappa shape index (κ2) is 5.59. The second-order valence-corrected chi connectivity index (χ2v) is 6.47. The molecule has 22 heavy (non-hydrogen) atoms. The molecule has 1 aromatic rings. The second-order valence-electron chi connectivity index (χ2n) is 6.47. The van der Waals surface area contributed by atoms with Crippen LogP contribution in [0.1, 0.15) is 29.8 Å². The normalized spacial score (nSPS) is 27.6. The lowest BCUT2D eigenvalue weighted by molar-refractivity contribution is -0.134. The van der Waals surface area contributed by atoms with Gasteiger partial charge in [0.05, 0.1) is 0 Å². The summed E-state index contributed by atoms with van der Waals surface area (Å²) < 4.78 is 0. The summed E-state index contributed by atoms with van der Waals surface area (Å²) in [6, 6.07) is 4.73. The molecule has 2 heterocycles. The number of hydrogen-bond acceptors (Lipinski definition) is 3. The summed E-state index contributed by atoms with van der Waals surface area (Å²) in [4.78, 5) is 41.7. The molecule has 1 aromatic heterocycles. The standard InChI is InChI=1S/C16H21N3O3/c1-18-9-11-7-12(6-10(11)8-15(18)21)19(2)16(22)13-4-3-5-14(20)17-13/h3-5,10-12H,6-9H2,1-2H3,(H,17,20)/t10-,11+,12-/m1/s1. The van der Waals surface area contributed by atoms with Crippen molar-refractivity contribution in [3.63, 3.8) is 0 Å². The Morgan fingerprint density at radius 2 is 2.00 bits per heavy atom. The van der Waals surface area contributed by atoms with Crippen LogP contribution in [0.4, 0.5) is 0 Å². The van der Waals surface area contributed by atoms with Gasteiger partial charge in [-0.2, -0.15) is 0 Å². The molecule has 0 aromatic carbocycles. The van der Waals surface area contributed by atoms with Gasteiger partial charge in [-0.05, 0) is 30.7 Å². The zero-order chi connectivity index (χ0) is 15.9. The lowest BCUT2D eigenvalue weighted by Crippen LogP contribution is -2.40. The summed E-state index contributed by atoms with van der Waals surface area (Å²) in [5.74, 6) is 0.876. The van der Waals surface area contributed by atoms with Gasteiger partial charge in [-0.1, -0.05) is 6.07 Å². The predicted molar refractivity (Wildman–Crippen MR) is 81.4 cm³/mol. The summed E-state index contributed by atoms with van der Waals surface area (Å²) in [7, 11) is 3.62. The monoisotopic (exact) mass is 303 g/mol. The Balaban J connectivity index is 1.71. The van der Waals surface area contributed by atoms with Gasteiger partial charge in [0, 0.05) is 39.2 Å². The molecule has 1 aliphatic heterocycles. The summed E-state index contributed by atoms with van der Waals surface area (Å²) >= 11 is 0. The van der Waals surface area contributed by atoms with Crippen molar-refractivity contribution in [2.75, 3.05) is 20.6 Å². The zero-order valence-electron chi connectivity index (χ0n) is 12.9. The van der Waals surface area contributed by atoms with E-state index >= 15 is 0 Å². The van der Waals surface area contributed by atoms with Gasteiger partial charge in [-0.3, -0.25) is 14.4 Å². The van der Waals surface area contributed by atoms with Gasteiger partial charge < -0.3 is 14.8 Å². The molecular weight excluding hydrogens is 282 g/mol. The van der Waals surface area contributed by atoms with Crippen molar-refractivity contribution in [2.45, 2.75) is 25.3 Å². The number of nitrogens with one attached hydrogen (secondary N) is 1. The van der Waals surface area contributed by atoms with E-state index < -0.39 is 0 Å². The van der Waals surface area contributed by atoms with Gasteiger partial charge in [-0.15, -0.1) is 0 Å². The van der Waals surface area contributed by atoms with Gasteiger partial charge in [0.15, 0.2) is 0 Å². The molecule has 0 radical (unpaired) electrons. The number of H-pyrrole nitrogens is 1. The van der Waals surface area contributed by atoms with Crippen LogP contribution in [0.2, 0.25) is 0 Å². The van der Waals surface area contributed by atoms with Gasteiger partial charge in [0.25, 0.3) is 5.91 Å². The van der Waals surface area contributed by atoms with Crippen molar-refractivity contribution in [2.24, 2.45) is 11.8 Å². The molecule has 1 saturated carbocycles. The lowest BCUT2D eigenvalue weighted by Gasteiger charge is -2.31. The Hall–Kier alpha value is -2.11. The highest BCUT2D eigenvalue weighted by atomic mass is 16.2. The Kier molecular flexibility index (Phi) is 3.76. The fourth-order valence-corrected chi connectivity index (χ4v) is 3.73. The highest BCUT2D eigenvalue weighted by molar-refractivity contribution is 5.92. The number of likely N-dealkylation sites (tertiary alicyclic amines) is 1. The summed E-state index contributed by atoms with van der Waals surface area (Å²) in [5.41, 5.74) is 0.0460. The van der Waals surface area contributed by atoms with Crippen LogP contribution in [0.5, 0.6) is 0 Å². The molecule has 3 atom stereocenters. The first-order valence-corrected chi connectivity index (χ1v) is 7.66. The van der Waals surface area contributed by atoms with Crippen molar-refractivity contribution in [1.29, 1.82) is 0 Å². The molecule has 0 spiro atoms. The van der Waals surface area contributed by atoms with E-state index in [0.717, 1.165) is 19.4 Å². The van der Waals surface area contributed by atoms with Crippen LogP contribution in [0.25, 0.3) is 0 Å². The van der Waals surface area contributed by atoms with E-state index in [-0.39, 0.29) is 23.4 Å². The maximum Gasteiger partial charge on any atom is 0.270 e. The van der Waals surface area contributed by atoms with E-state index in [4.69, 9.17) is 0 Å². The van der Waals surface area contributed by atoms with E-state index in [1.165, 1.54) is 6.07 Å². The van der Waals surface area contributed by atoms with Gasteiger partial charge >= 0.3 is 0 Å². The molecule has 6 nitrogen and oxygen atoms in total. The number of hydrogen-bond donors (Lipinski definition) is 1. The minimum atomic E-state index is -0.272. The van der Waals surface area contributed by atoms with Crippen LogP contribution >= 0.6 is 0 Å². The first kappa shape index (κ1) is 14.8. The minimum absolute atomic E-state index is 0.130. The first-order chi connectivity index (χ1) is 10.5. The van der Waals surface area contributed by atoms with E-state index in [2.05, 4.69) is 4.98 Å². The van der Waals surface area contributed by atoms with Crippen LogP contribution in [-0.2, 0) is 4.79 Å². The fourth-order valence-electron chi connectivity index (χ4n) is 3.73. The smallest absolute Gasteiger partial charge is 0.270 e. The van der Waals surface area contributed by atoms with E-state index in [9.17, 15) is 14.4 Å². The maximum absolute atomic E-state index is 12.5. The van der Waals surface area contributed by atoms with Gasteiger partial charge in [0.1, 0.15) is 5.69 Å². The third kappa shape index (κ3) is 2.65. The minimum Gasteiger partial charge on any atom is -0.345 e. The average Bonchev–Trinajstić information content (AvgIpc) is 2.89. The van der Waals surface area contributed by atoms with Crippen molar-refractivity contribution < 1.29 is 9.59 Å². The number of carbonyl (C=O) groups is 2. The maximum atomic E-state index is 12.5. The summed E-state index contributed by atoms with van der Waals surface area (Å²) in [6.07, 6.45) is 2.37. The van der Waals surface area contributed by atoms with Crippen molar-refractivity contribution in [3.05, 3.63) is 34.2 Å².